The van der Waals surface area contributed by atoms with Crippen molar-refractivity contribution in [3.8, 4) is 17.0 Å². The predicted octanol–water partition coefficient (Wildman–Crippen LogP) is 4.89. The van der Waals surface area contributed by atoms with Crippen LogP contribution >= 0.6 is 11.8 Å². The van der Waals surface area contributed by atoms with Gasteiger partial charge in [-0.3, -0.25) is 14.6 Å². The van der Waals surface area contributed by atoms with Gasteiger partial charge in [0.15, 0.2) is 0 Å². The Hall–Kier alpha value is -4.17. The third-order valence-electron chi connectivity index (χ3n) is 6.10. The zero-order valence-corrected chi connectivity index (χ0v) is 21.3. The number of anilines is 1. The van der Waals surface area contributed by atoms with Gasteiger partial charge in [0.1, 0.15) is 12.4 Å². The molecule has 0 radical (unpaired) electrons. The molecule has 4 aromatic rings. The van der Waals surface area contributed by atoms with E-state index in [9.17, 15) is 9.59 Å². The largest absolute Gasteiger partial charge is 0.488 e. The van der Waals surface area contributed by atoms with Crippen LogP contribution in [0.1, 0.15) is 30.6 Å². The van der Waals surface area contributed by atoms with E-state index in [4.69, 9.17) is 9.84 Å². The zero-order chi connectivity index (χ0) is 25.8. The average molecular weight is 512 g/mol. The first kappa shape index (κ1) is 24.5. The van der Waals surface area contributed by atoms with Gasteiger partial charge in [0.05, 0.1) is 16.8 Å². The second-order valence-corrected chi connectivity index (χ2v) is 9.48. The molecule has 1 N–H and O–H groups in total. The first-order valence-electron chi connectivity index (χ1n) is 12.1. The molecule has 1 atom stereocenters. The number of hydrogen-bond acceptors (Lipinski definition) is 5. The van der Waals surface area contributed by atoms with Crippen LogP contribution in [0.4, 0.5) is 5.69 Å². The molecule has 1 aliphatic rings. The van der Waals surface area contributed by atoms with Crippen LogP contribution in [-0.4, -0.2) is 21.7 Å². The number of fused-ring (bicyclic) bond motifs is 3. The summed E-state index contributed by atoms with van der Waals surface area (Å²) in [7, 11) is 0. The number of aromatic amines is 1. The summed E-state index contributed by atoms with van der Waals surface area (Å²) in [6.07, 6.45) is 1.32. The minimum atomic E-state index is -0.713. The number of carbonyl (C=O) groups excluding carboxylic acids is 1. The molecular formula is C29H27N4O3S+. The predicted molar refractivity (Wildman–Crippen MR) is 145 cm³/mol. The first-order valence-corrected chi connectivity index (χ1v) is 13.1. The van der Waals surface area contributed by atoms with Crippen molar-refractivity contribution in [1.29, 1.82) is 0 Å². The van der Waals surface area contributed by atoms with Crippen LogP contribution < -0.4 is 19.9 Å². The second kappa shape index (κ2) is 10.8. The molecule has 1 unspecified atom stereocenters. The molecule has 1 aromatic heterocycles. The van der Waals surface area contributed by atoms with E-state index in [1.165, 1.54) is 11.8 Å². The fourth-order valence-electron chi connectivity index (χ4n) is 4.46. The molecule has 0 bridgehead atoms. The van der Waals surface area contributed by atoms with Crippen molar-refractivity contribution in [2.45, 2.75) is 31.3 Å². The highest BCUT2D eigenvalue weighted by molar-refractivity contribution is 7.99. The Labute approximate surface area is 219 Å². The lowest BCUT2D eigenvalue weighted by Crippen LogP contribution is -2.61. The molecule has 8 heteroatoms. The molecule has 0 fully saturated rings. The summed E-state index contributed by atoms with van der Waals surface area (Å²) in [6.45, 7) is 5.96. The fourth-order valence-corrected chi connectivity index (χ4v) is 5.04. The third kappa shape index (κ3) is 4.80. The molecule has 5 rings (SSSR count). The van der Waals surface area contributed by atoms with Gasteiger partial charge in [-0.15, -0.1) is 6.58 Å². The first-order chi connectivity index (χ1) is 18.1. The van der Waals surface area contributed by atoms with Crippen LogP contribution in [0.5, 0.6) is 5.75 Å². The summed E-state index contributed by atoms with van der Waals surface area (Å²) >= 11 is 1.37. The number of para-hydroxylation sites is 2. The molecule has 7 nitrogen and oxygen atoms in total. The van der Waals surface area contributed by atoms with E-state index in [-0.39, 0.29) is 17.9 Å². The number of ether oxygens (including phenoxy) is 1. The van der Waals surface area contributed by atoms with Crippen molar-refractivity contribution in [2.75, 3.05) is 10.7 Å². The fraction of sp³-hybridized carbons (Fsp3) is 0.172. The lowest BCUT2D eigenvalue weighted by molar-refractivity contribution is -0.763. The summed E-state index contributed by atoms with van der Waals surface area (Å²) in [5.41, 5.74) is 3.19. The molecule has 0 saturated carbocycles. The number of rotatable bonds is 8. The summed E-state index contributed by atoms with van der Waals surface area (Å²) in [4.78, 5) is 31.6. The molecule has 1 aliphatic heterocycles. The molecule has 0 aliphatic carbocycles. The highest BCUT2D eigenvalue weighted by Gasteiger charge is 2.46. The quantitative estimate of drug-likeness (QED) is 0.207. The Kier molecular flexibility index (Phi) is 7.18. The summed E-state index contributed by atoms with van der Waals surface area (Å²) < 4.78 is 7.94. The van der Waals surface area contributed by atoms with Gasteiger partial charge in [-0.05, 0) is 34.5 Å². The maximum Gasteiger partial charge on any atom is 0.325 e. The van der Waals surface area contributed by atoms with E-state index in [1.807, 2.05) is 85.8 Å². The molecule has 37 heavy (non-hydrogen) atoms. The number of nitrogens with one attached hydrogen (secondary N) is 1. The summed E-state index contributed by atoms with van der Waals surface area (Å²) in [6, 6.07) is 24.9. The molecule has 2 heterocycles. The smallest absolute Gasteiger partial charge is 0.325 e. The average Bonchev–Trinajstić information content (AvgIpc) is 2.94. The van der Waals surface area contributed by atoms with Crippen molar-refractivity contribution in [3.63, 3.8) is 0 Å². The highest BCUT2D eigenvalue weighted by Crippen LogP contribution is 2.40. The Balaban J connectivity index is 1.71. The number of H-pyrrole nitrogens is 1. The number of amides is 1. The van der Waals surface area contributed by atoms with Gasteiger partial charge >= 0.3 is 11.3 Å². The van der Waals surface area contributed by atoms with Gasteiger partial charge in [0.25, 0.3) is 6.17 Å². The van der Waals surface area contributed by atoms with Gasteiger partial charge < -0.3 is 4.74 Å². The van der Waals surface area contributed by atoms with Gasteiger partial charge in [0, 0.05) is 17.3 Å². The van der Waals surface area contributed by atoms with Gasteiger partial charge in [0.2, 0.25) is 11.1 Å². The molecule has 186 valence electrons. The standard InChI is InChI=1S/C29H26N4O3S/c1-3-18-37-29-30-27(35)26-21-14-8-10-16-23(21)32(25(34)4-2)28(33(26)31-29)22-15-9-11-17-24(22)36-19-20-12-6-5-7-13-20/h3,5-17,28H,1,4,18-19H2,2H3/p+1. The molecule has 0 spiro atoms. The van der Waals surface area contributed by atoms with Gasteiger partial charge in [-0.1, -0.05) is 79.4 Å². The second-order valence-electron chi connectivity index (χ2n) is 8.47. The van der Waals surface area contributed by atoms with E-state index in [0.717, 1.165) is 11.1 Å². The SMILES string of the molecule is C=CCSc1n[n+]2c(c(=O)[nH]1)-c1ccccc1N(C(=O)CC)C2c1ccccc1OCc1ccccc1. The number of carbonyl (C=O) groups is 1. The topological polar surface area (TPSA) is 79.2 Å². The third-order valence-corrected chi connectivity index (χ3v) is 6.96. The maximum atomic E-state index is 13.5. The normalized spacial score (nSPS) is 14.0. The lowest BCUT2D eigenvalue weighted by Gasteiger charge is -2.32. The molecule has 0 saturated heterocycles. The van der Waals surface area contributed by atoms with Crippen molar-refractivity contribution < 1.29 is 14.2 Å². The van der Waals surface area contributed by atoms with E-state index in [0.29, 0.717) is 40.2 Å². The zero-order valence-electron chi connectivity index (χ0n) is 20.5. The number of aromatic nitrogens is 3. The van der Waals surface area contributed by atoms with Crippen LogP contribution in [-0.2, 0) is 11.4 Å². The van der Waals surface area contributed by atoms with Crippen molar-refractivity contribution in [3.05, 3.63) is 113 Å². The van der Waals surface area contributed by atoms with Crippen LogP contribution in [0.15, 0.2) is 101 Å². The van der Waals surface area contributed by atoms with E-state index < -0.39 is 6.17 Å². The Morgan fingerprint density at radius 2 is 1.84 bits per heavy atom. The number of thioether (sulfide) groups is 1. The minimum Gasteiger partial charge on any atom is -0.488 e. The Morgan fingerprint density at radius 1 is 1.11 bits per heavy atom. The van der Waals surface area contributed by atoms with Gasteiger partial charge in [-0.2, -0.15) is 0 Å². The highest BCUT2D eigenvalue weighted by atomic mass is 32.2. The van der Waals surface area contributed by atoms with Crippen LogP contribution in [0.3, 0.4) is 0 Å². The number of hydrogen-bond donors (Lipinski definition) is 1. The Morgan fingerprint density at radius 3 is 2.62 bits per heavy atom. The number of benzene rings is 3. The van der Waals surface area contributed by atoms with E-state index in [1.54, 1.807) is 15.7 Å². The van der Waals surface area contributed by atoms with Crippen molar-refractivity contribution >= 4 is 23.4 Å². The number of nitrogens with zero attached hydrogens (tertiary/aromatic N) is 3. The lowest BCUT2D eigenvalue weighted by atomic mass is 10.0. The molecular weight excluding hydrogens is 484 g/mol. The van der Waals surface area contributed by atoms with Crippen LogP contribution in [0.25, 0.3) is 11.3 Å². The van der Waals surface area contributed by atoms with Crippen molar-refractivity contribution in [2.24, 2.45) is 0 Å². The molecule has 3 aromatic carbocycles. The van der Waals surface area contributed by atoms with E-state index in [2.05, 4.69) is 11.6 Å². The van der Waals surface area contributed by atoms with Crippen LogP contribution in [0, 0.1) is 0 Å². The maximum absolute atomic E-state index is 13.5. The van der Waals surface area contributed by atoms with Crippen LogP contribution in [0.2, 0.25) is 0 Å². The van der Waals surface area contributed by atoms with E-state index >= 15 is 0 Å². The van der Waals surface area contributed by atoms with Crippen molar-refractivity contribution in [1.82, 2.24) is 10.1 Å². The minimum absolute atomic E-state index is 0.0872. The molecule has 1 amide bonds. The summed E-state index contributed by atoms with van der Waals surface area (Å²) in [5, 5.41) is 5.27. The van der Waals surface area contributed by atoms with Gasteiger partial charge in [-0.25, -0.2) is 4.90 Å². The summed E-state index contributed by atoms with van der Waals surface area (Å²) in [5.74, 6) is 1.11. The monoisotopic (exact) mass is 511 g/mol. The Bertz CT molecular complexity index is 1500.